The molecule has 3 atom stereocenters. The van der Waals surface area contributed by atoms with Crippen molar-refractivity contribution in [2.45, 2.75) is 58.1 Å². The van der Waals surface area contributed by atoms with Crippen molar-refractivity contribution in [3.05, 3.63) is 18.0 Å². The first kappa shape index (κ1) is 14.5. The zero-order valence-electron chi connectivity index (χ0n) is 12.4. The van der Waals surface area contributed by atoms with E-state index in [1.165, 1.54) is 0 Å². The number of hydrogen-bond donors (Lipinski definition) is 2. The van der Waals surface area contributed by atoms with Crippen molar-refractivity contribution < 1.29 is 5.11 Å². The highest BCUT2D eigenvalue weighted by molar-refractivity contribution is 5.05. The van der Waals surface area contributed by atoms with Crippen LogP contribution in [-0.4, -0.2) is 33.6 Å². The highest BCUT2D eigenvalue weighted by atomic mass is 16.3. The smallest absolute Gasteiger partial charge is 0.0715 e. The van der Waals surface area contributed by atoms with E-state index in [1.54, 1.807) is 0 Å². The Balaban J connectivity index is 2.00. The van der Waals surface area contributed by atoms with Gasteiger partial charge in [0.25, 0.3) is 0 Å². The van der Waals surface area contributed by atoms with Crippen molar-refractivity contribution in [2.24, 2.45) is 5.92 Å². The molecule has 1 aliphatic rings. The van der Waals surface area contributed by atoms with Crippen molar-refractivity contribution in [2.75, 3.05) is 13.1 Å². The SMILES string of the molecule is CCC(C)n1ccc(CC(C)(O)C2CCCNC2)n1. The van der Waals surface area contributed by atoms with E-state index in [-0.39, 0.29) is 0 Å². The molecule has 0 saturated carbocycles. The van der Waals surface area contributed by atoms with E-state index in [2.05, 4.69) is 24.3 Å². The lowest BCUT2D eigenvalue weighted by atomic mass is 9.80. The molecule has 2 heterocycles. The van der Waals surface area contributed by atoms with Gasteiger partial charge in [-0.3, -0.25) is 4.68 Å². The molecule has 2 N–H and O–H groups in total. The number of nitrogens with zero attached hydrogens (tertiary/aromatic N) is 2. The first-order valence-corrected chi connectivity index (χ1v) is 7.50. The van der Waals surface area contributed by atoms with Gasteiger partial charge in [-0.1, -0.05) is 6.92 Å². The summed E-state index contributed by atoms with van der Waals surface area (Å²) in [4.78, 5) is 0. The third-order valence-electron chi connectivity index (χ3n) is 4.42. The van der Waals surface area contributed by atoms with Crippen molar-refractivity contribution in [1.29, 1.82) is 0 Å². The third kappa shape index (κ3) is 3.57. The average Bonchev–Trinajstić information content (AvgIpc) is 2.86. The molecule has 2 rings (SSSR count). The predicted molar refractivity (Wildman–Crippen MR) is 77.2 cm³/mol. The van der Waals surface area contributed by atoms with Gasteiger partial charge in [-0.2, -0.15) is 5.10 Å². The predicted octanol–water partition coefficient (Wildman–Crippen LogP) is 2.15. The van der Waals surface area contributed by atoms with Gasteiger partial charge in [0.1, 0.15) is 0 Å². The molecule has 4 nitrogen and oxygen atoms in total. The summed E-state index contributed by atoms with van der Waals surface area (Å²) in [6, 6.07) is 2.46. The number of aromatic nitrogens is 2. The van der Waals surface area contributed by atoms with Crippen LogP contribution < -0.4 is 5.32 Å². The van der Waals surface area contributed by atoms with Gasteiger partial charge < -0.3 is 10.4 Å². The molecule has 1 fully saturated rings. The summed E-state index contributed by atoms with van der Waals surface area (Å²) < 4.78 is 2.00. The van der Waals surface area contributed by atoms with Crippen molar-refractivity contribution in [3.63, 3.8) is 0 Å². The second-order valence-electron chi connectivity index (χ2n) is 6.12. The van der Waals surface area contributed by atoms with Crippen LogP contribution in [0.1, 0.15) is 51.8 Å². The molecule has 0 spiro atoms. The van der Waals surface area contributed by atoms with E-state index >= 15 is 0 Å². The monoisotopic (exact) mass is 265 g/mol. The van der Waals surface area contributed by atoms with Gasteiger partial charge >= 0.3 is 0 Å². The van der Waals surface area contributed by atoms with Crippen molar-refractivity contribution in [3.8, 4) is 0 Å². The molecule has 1 saturated heterocycles. The van der Waals surface area contributed by atoms with Crippen LogP contribution in [0, 0.1) is 5.92 Å². The summed E-state index contributed by atoms with van der Waals surface area (Å²) in [5, 5.41) is 18.7. The molecule has 19 heavy (non-hydrogen) atoms. The Morgan fingerprint density at radius 3 is 3.05 bits per heavy atom. The van der Waals surface area contributed by atoms with Crippen molar-refractivity contribution in [1.82, 2.24) is 15.1 Å². The summed E-state index contributed by atoms with van der Waals surface area (Å²) in [7, 11) is 0. The highest BCUT2D eigenvalue weighted by Gasteiger charge is 2.33. The minimum absolute atomic E-state index is 0.329. The minimum atomic E-state index is -0.665. The first-order valence-electron chi connectivity index (χ1n) is 7.50. The van der Waals surface area contributed by atoms with Crippen LogP contribution in [0.3, 0.4) is 0 Å². The molecule has 0 amide bonds. The van der Waals surface area contributed by atoms with E-state index in [0.717, 1.165) is 38.0 Å². The summed E-state index contributed by atoms with van der Waals surface area (Å²) >= 11 is 0. The van der Waals surface area contributed by atoms with Crippen LogP contribution in [0.5, 0.6) is 0 Å². The topological polar surface area (TPSA) is 50.1 Å². The van der Waals surface area contributed by atoms with E-state index in [1.807, 2.05) is 23.9 Å². The Hall–Kier alpha value is -0.870. The van der Waals surface area contributed by atoms with Crippen LogP contribution in [0.4, 0.5) is 0 Å². The molecule has 1 aromatic heterocycles. The quantitative estimate of drug-likeness (QED) is 0.857. The van der Waals surface area contributed by atoms with Crippen LogP contribution in [0.2, 0.25) is 0 Å². The second-order valence-corrected chi connectivity index (χ2v) is 6.12. The van der Waals surface area contributed by atoms with E-state index in [4.69, 9.17) is 0 Å². The molecule has 0 bridgehead atoms. The Labute approximate surface area is 116 Å². The maximum atomic E-state index is 10.7. The van der Waals surface area contributed by atoms with E-state index in [0.29, 0.717) is 18.4 Å². The lowest BCUT2D eigenvalue weighted by Gasteiger charge is -2.35. The molecule has 1 aromatic rings. The van der Waals surface area contributed by atoms with Gasteiger partial charge in [-0.05, 0) is 45.7 Å². The molecular formula is C15H27N3O. The Kier molecular flexibility index (Phi) is 4.63. The average molecular weight is 265 g/mol. The van der Waals surface area contributed by atoms with E-state index in [9.17, 15) is 5.11 Å². The number of aliphatic hydroxyl groups is 1. The van der Waals surface area contributed by atoms with Crippen LogP contribution in [0.15, 0.2) is 12.3 Å². The van der Waals surface area contributed by atoms with Crippen molar-refractivity contribution >= 4 is 0 Å². The molecular weight excluding hydrogens is 238 g/mol. The largest absolute Gasteiger partial charge is 0.389 e. The number of nitrogens with one attached hydrogen (secondary N) is 1. The third-order valence-corrected chi connectivity index (χ3v) is 4.42. The van der Waals surface area contributed by atoms with Gasteiger partial charge in [-0.15, -0.1) is 0 Å². The highest BCUT2D eigenvalue weighted by Crippen LogP contribution is 2.27. The minimum Gasteiger partial charge on any atom is -0.389 e. The number of hydrogen-bond acceptors (Lipinski definition) is 3. The zero-order chi connectivity index (χ0) is 13.9. The second kappa shape index (κ2) is 6.06. The number of piperidine rings is 1. The lowest BCUT2D eigenvalue weighted by molar-refractivity contribution is -0.0111. The fourth-order valence-corrected chi connectivity index (χ4v) is 2.80. The van der Waals surface area contributed by atoms with Gasteiger partial charge in [0, 0.05) is 31.1 Å². The molecule has 1 aliphatic heterocycles. The normalized spacial score (nSPS) is 24.9. The first-order chi connectivity index (χ1) is 9.03. The van der Waals surface area contributed by atoms with Crippen LogP contribution in [-0.2, 0) is 6.42 Å². The summed E-state index contributed by atoms with van der Waals surface area (Å²) in [6.07, 6.45) is 6.00. The van der Waals surface area contributed by atoms with Crippen LogP contribution in [0.25, 0.3) is 0 Å². The number of rotatable bonds is 5. The molecule has 3 unspecified atom stereocenters. The maximum absolute atomic E-state index is 10.7. The maximum Gasteiger partial charge on any atom is 0.0715 e. The standard InChI is InChI=1S/C15H27N3O/c1-4-12(2)18-9-7-14(17-18)10-15(3,19)13-6-5-8-16-11-13/h7,9,12-13,16,19H,4-6,8,10-11H2,1-3H3. The van der Waals surface area contributed by atoms with Crippen LogP contribution >= 0.6 is 0 Å². The zero-order valence-corrected chi connectivity index (χ0v) is 12.4. The fraction of sp³-hybridized carbons (Fsp3) is 0.800. The molecule has 4 heteroatoms. The van der Waals surface area contributed by atoms with Gasteiger partial charge in [0.05, 0.1) is 11.3 Å². The van der Waals surface area contributed by atoms with Gasteiger partial charge in [0.15, 0.2) is 0 Å². The molecule has 0 aliphatic carbocycles. The lowest BCUT2D eigenvalue weighted by Crippen LogP contribution is -2.45. The van der Waals surface area contributed by atoms with E-state index < -0.39 is 5.60 Å². The Morgan fingerprint density at radius 2 is 2.42 bits per heavy atom. The summed E-state index contributed by atoms with van der Waals surface area (Å²) in [6.45, 7) is 8.27. The van der Waals surface area contributed by atoms with Gasteiger partial charge in [-0.25, -0.2) is 0 Å². The Bertz CT molecular complexity index is 394. The Morgan fingerprint density at radius 1 is 1.63 bits per heavy atom. The fourth-order valence-electron chi connectivity index (χ4n) is 2.80. The molecule has 0 radical (unpaired) electrons. The summed E-state index contributed by atoms with van der Waals surface area (Å²) in [5.41, 5.74) is 0.332. The molecule has 108 valence electrons. The molecule has 0 aromatic carbocycles. The summed E-state index contributed by atoms with van der Waals surface area (Å²) in [5.74, 6) is 0.329. The van der Waals surface area contributed by atoms with Gasteiger partial charge in [0.2, 0.25) is 0 Å².